The highest BCUT2D eigenvalue weighted by molar-refractivity contribution is 6.25. The SMILES string of the molecule is CC1(C)c2cc3c(cc2-c2c1ccc1ccc(-c4ccc5c6c(ccc5c4)-c4ccc5oc7cc(-c8c9ccccc9c(-c9ccc%10cc(-c%11ccccc%11)ccc%10c9)c9ccccc89)ccc7c5c4C6(C)C)cc21)oc1cc(-c2c4ccccc4c(-c4ccc5cc(-c6ccccc6)ccc5c4)c4ccccc24)ccc13. The summed E-state index contributed by atoms with van der Waals surface area (Å²) in [6.07, 6.45) is 0. The topological polar surface area (TPSA) is 26.3 Å². The minimum absolute atomic E-state index is 0.249. The fourth-order valence-electron chi connectivity index (χ4n) is 20.5. The lowest BCUT2D eigenvalue weighted by Gasteiger charge is -2.24. The molecule has 0 radical (unpaired) electrons. The Morgan fingerprint density at radius 3 is 1.08 bits per heavy atom. The van der Waals surface area contributed by atoms with Crippen molar-refractivity contribution in [3.8, 4) is 100 Å². The number of rotatable bonds is 7. The minimum atomic E-state index is -0.335. The zero-order valence-corrected chi connectivity index (χ0v) is 62.3. The number of benzene rings is 20. The smallest absolute Gasteiger partial charge is 0.136 e. The molecule has 0 bridgehead atoms. The quantitative estimate of drug-likeness (QED) is 0.149. The second kappa shape index (κ2) is 23.3. The Bertz CT molecular complexity index is 7800. The molecule has 112 heavy (non-hydrogen) atoms. The molecule has 0 spiro atoms. The van der Waals surface area contributed by atoms with Crippen LogP contribution in [0.1, 0.15) is 49.9 Å². The highest BCUT2D eigenvalue weighted by atomic mass is 16.3. The Balaban J connectivity index is 0.564. The van der Waals surface area contributed by atoms with E-state index in [4.69, 9.17) is 8.83 Å². The van der Waals surface area contributed by atoms with Crippen LogP contribution in [0.4, 0.5) is 0 Å². The van der Waals surface area contributed by atoms with Gasteiger partial charge in [0.2, 0.25) is 0 Å². The van der Waals surface area contributed by atoms with E-state index in [1.165, 1.54) is 203 Å². The number of fused-ring (bicyclic) bond motifs is 23. The summed E-state index contributed by atoms with van der Waals surface area (Å²) in [4.78, 5) is 0. The molecule has 0 fully saturated rings. The highest BCUT2D eigenvalue weighted by Crippen LogP contribution is 2.58. The van der Waals surface area contributed by atoms with Gasteiger partial charge in [0.1, 0.15) is 22.3 Å². The standard InChI is InChI=1S/C110H70O2/c1-109(2)95-51-45-65-31-32-73(58-92(65)105(95)94-62-100-93(61-96(94)109)80-47-43-77(59-98(80)112-100)103-85-27-15-11-23-81(85)101(82-24-12-16-28-86(82)103)75-39-37-68-53-66(33-35-70(68)56-75)63-19-7-5-8-20-63)72-41-46-79-74(55-72)42-48-89-90-50-52-97-106(108(90)110(3,4)107(79)89)91-49-44-78(60-99(91)111-97)104-87-29-17-13-25-83(87)102(84-26-14-18-30-88(84)104)76-40-38-69-54-67(34-36-71(69)57-76)64-21-9-6-10-22-64/h5-62H,1-4H3. The average molecular weight is 1420 g/mol. The van der Waals surface area contributed by atoms with Gasteiger partial charge < -0.3 is 8.83 Å². The van der Waals surface area contributed by atoms with E-state index in [1.807, 2.05) is 0 Å². The first-order valence-electron chi connectivity index (χ1n) is 39.2. The van der Waals surface area contributed by atoms with Crippen LogP contribution in [-0.2, 0) is 10.8 Å². The van der Waals surface area contributed by atoms with Gasteiger partial charge >= 0.3 is 0 Å². The number of hydrogen-bond donors (Lipinski definition) is 0. The third-order valence-electron chi connectivity index (χ3n) is 25.7. The van der Waals surface area contributed by atoms with Crippen molar-refractivity contribution >= 4 is 130 Å². The van der Waals surface area contributed by atoms with Crippen molar-refractivity contribution in [1.29, 1.82) is 0 Å². The van der Waals surface area contributed by atoms with E-state index >= 15 is 0 Å². The summed E-state index contributed by atoms with van der Waals surface area (Å²) in [6, 6.07) is 132. The molecule has 20 aromatic carbocycles. The molecule has 2 aromatic heterocycles. The van der Waals surface area contributed by atoms with Crippen molar-refractivity contribution in [3.63, 3.8) is 0 Å². The Morgan fingerprint density at radius 2 is 0.545 bits per heavy atom. The molecular formula is C110H70O2. The third kappa shape index (κ3) is 9.09. The molecule has 0 atom stereocenters. The van der Waals surface area contributed by atoms with E-state index in [9.17, 15) is 0 Å². The zero-order valence-electron chi connectivity index (χ0n) is 62.3. The van der Waals surface area contributed by atoms with Crippen LogP contribution in [0.2, 0.25) is 0 Å². The Morgan fingerprint density at radius 1 is 0.179 bits per heavy atom. The first-order valence-corrected chi connectivity index (χ1v) is 39.2. The summed E-state index contributed by atoms with van der Waals surface area (Å²) in [5, 5.41) is 24.3. The zero-order chi connectivity index (χ0) is 74.0. The lowest BCUT2D eigenvalue weighted by Crippen LogP contribution is -2.16. The third-order valence-corrected chi connectivity index (χ3v) is 25.7. The molecule has 2 aliphatic carbocycles. The van der Waals surface area contributed by atoms with Crippen molar-refractivity contribution < 1.29 is 8.83 Å². The molecule has 0 aliphatic heterocycles. The largest absolute Gasteiger partial charge is 0.456 e. The maximum Gasteiger partial charge on any atom is 0.136 e. The molecule has 0 amide bonds. The van der Waals surface area contributed by atoms with Crippen molar-refractivity contribution in [1.82, 2.24) is 0 Å². The van der Waals surface area contributed by atoms with Gasteiger partial charge in [-0.1, -0.05) is 301 Å². The number of furan rings is 2. The van der Waals surface area contributed by atoms with E-state index in [-0.39, 0.29) is 10.8 Å². The predicted molar refractivity (Wildman–Crippen MR) is 474 cm³/mol. The van der Waals surface area contributed by atoms with Gasteiger partial charge in [-0.25, -0.2) is 0 Å². The molecule has 2 heterocycles. The van der Waals surface area contributed by atoms with Gasteiger partial charge in [0, 0.05) is 32.4 Å². The fraction of sp³-hybridized carbons (Fsp3) is 0.0545. The molecule has 2 aliphatic rings. The minimum Gasteiger partial charge on any atom is -0.456 e. The Labute approximate surface area is 647 Å². The van der Waals surface area contributed by atoms with E-state index in [0.717, 1.165) is 49.6 Å². The Hall–Kier alpha value is -13.9. The fourth-order valence-corrected chi connectivity index (χ4v) is 20.5. The molecule has 2 heteroatoms. The second-order valence-electron chi connectivity index (χ2n) is 32.4. The van der Waals surface area contributed by atoms with Gasteiger partial charge in [-0.05, 0) is 287 Å². The van der Waals surface area contributed by atoms with Crippen LogP contribution in [0.3, 0.4) is 0 Å². The molecular weight excluding hydrogens is 1350 g/mol. The van der Waals surface area contributed by atoms with Gasteiger partial charge in [0.25, 0.3) is 0 Å². The Kier molecular flexibility index (Phi) is 13.1. The van der Waals surface area contributed by atoms with Crippen LogP contribution >= 0.6 is 0 Å². The van der Waals surface area contributed by atoms with Gasteiger partial charge in [0.15, 0.2) is 0 Å². The van der Waals surface area contributed by atoms with E-state index in [1.54, 1.807) is 0 Å². The summed E-state index contributed by atoms with van der Waals surface area (Å²) in [5.74, 6) is 0. The molecule has 24 rings (SSSR count). The summed E-state index contributed by atoms with van der Waals surface area (Å²) in [6.45, 7) is 9.64. The first-order chi connectivity index (χ1) is 55.0. The van der Waals surface area contributed by atoms with Crippen LogP contribution in [0.15, 0.2) is 361 Å². The van der Waals surface area contributed by atoms with Gasteiger partial charge in [-0.3, -0.25) is 0 Å². The van der Waals surface area contributed by atoms with Crippen molar-refractivity contribution in [2.45, 2.75) is 38.5 Å². The summed E-state index contributed by atoms with van der Waals surface area (Å²) in [7, 11) is 0. The maximum absolute atomic E-state index is 7.14. The van der Waals surface area contributed by atoms with Gasteiger partial charge in [-0.2, -0.15) is 0 Å². The summed E-state index contributed by atoms with van der Waals surface area (Å²) in [5.41, 5.74) is 30.4. The molecule has 2 nitrogen and oxygen atoms in total. The summed E-state index contributed by atoms with van der Waals surface area (Å²) < 4.78 is 14.2. The lowest BCUT2D eigenvalue weighted by atomic mass is 9.78. The monoisotopic (exact) mass is 1420 g/mol. The van der Waals surface area contributed by atoms with Crippen molar-refractivity contribution in [2.75, 3.05) is 0 Å². The van der Waals surface area contributed by atoms with E-state index in [2.05, 4.69) is 380 Å². The molecule has 0 saturated carbocycles. The lowest BCUT2D eigenvalue weighted by molar-refractivity contribution is 0.658. The molecule has 0 N–H and O–H groups in total. The molecule has 522 valence electrons. The highest BCUT2D eigenvalue weighted by Gasteiger charge is 2.41. The molecule has 0 saturated heterocycles. The first kappa shape index (κ1) is 63.1. The molecule has 22 aromatic rings. The van der Waals surface area contributed by atoms with Crippen molar-refractivity contribution in [3.05, 3.63) is 374 Å². The predicted octanol–water partition coefficient (Wildman–Crippen LogP) is 31.0. The van der Waals surface area contributed by atoms with Crippen LogP contribution < -0.4 is 0 Å². The maximum atomic E-state index is 7.14. The number of hydrogen-bond acceptors (Lipinski definition) is 2. The van der Waals surface area contributed by atoms with Gasteiger partial charge in [0.05, 0.1) is 0 Å². The van der Waals surface area contributed by atoms with Crippen LogP contribution in [0.5, 0.6) is 0 Å². The molecule has 0 unspecified atom stereocenters. The normalized spacial score (nSPS) is 13.5. The van der Waals surface area contributed by atoms with E-state index in [0.29, 0.717) is 0 Å². The van der Waals surface area contributed by atoms with Crippen molar-refractivity contribution in [2.24, 2.45) is 0 Å². The van der Waals surface area contributed by atoms with E-state index < -0.39 is 0 Å². The van der Waals surface area contributed by atoms with Crippen LogP contribution in [0.25, 0.3) is 230 Å². The second-order valence-corrected chi connectivity index (χ2v) is 32.4. The van der Waals surface area contributed by atoms with Crippen LogP contribution in [0, 0.1) is 0 Å². The van der Waals surface area contributed by atoms with Crippen LogP contribution in [-0.4, -0.2) is 0 Å². The summed E-state index contributed by atoms with van der Waals surface area (Å²) >= 11 is 0. The average Bonchev–Trinajstić information content (AvgIpc) is 1.54. The van der Waals surface area contributed by atoms with Gasteiger partial charge in [-0.15, -0.1) is 0 Å².